The maximum Gasteiger partial charge on any atom is 0.333 e. The van der Waals surface area contributed by atoms with Crippen molar-refractivity contribution in [1.29, 1.82) is 0 Å². The minimum absolute atomic E-state index is 0.0243. The molecule has 5 nitrogen and oxygen atoms in total. The molecule has 0 N–H and O–H groups in total. The van der Waals surface area contributed by atoms with Gasteiger partial charge in [-0.15, -0.1) is 0 Å². The molecule has 1 fully saturated rings. The standard InChI is InChI=1S/C19H32O3.C3H8.C2H4BrNO/c1-12-8-7-9-14(3)18(20)16(5)13(2)10-11-22-19(21)17(6)15(12)4;1-3-2;3-1-2-4-5/h12-16H,6-11H2,1-5H3;3H2,1-2H3;1-2H2/t12-,13?,14?,15?,16?;;/m1../s1. The average Bonchev–Trinajstić information content (AvgIpc) is 2.72. The van der Waals surface area contributed by atoms with E-state index in [2.05, 4.69) is 55.4 Å². The maximum atomic E-state index is 12.5. The smallest absolute Gasteiger partial charge is 0.333 e. The van der Waals surface area contributed by atoms with E-state index in [4.69, 9.17) is 9.64 Å². The lowest BCUT2D eigenvalue weighted by Gasteiger charge is -2.25. The van der Waals surface area contributed by atoms with Crippen LogP contribution >= 0.6 is 15.9 Å². The van der Waals surface area contributed by atoms with Crippen LogP contribution in [-0.4, -0.2) is 30.2 Å². The molecule has 5 atom stereocenters. The van der Waals surface area contributed by atoms with Gasteiger partial charge in [0, 0.05) is 22.7 Å². The van der Waals surface area contributed by atoms with Gasteiger partial charge in [0.15, 0.2) is 0 Å². The Kier molecular flexibility index (Phi) is 19.4. The van der Waals surface area contributed by atoms with Crippen molar-refractivity contribution >= 4 is 27.7 Å². The first kappa shape index (κ1) is 31.1. The number of ketones is 1. The van der Waals surface area contributed by atoms with Crippen LogP contribution in [0, 0.1) is 34.5 Å². The highest BCUT2D eigenvalue weighted by Crippen LogP contribution is 2.28. The summed E-state index contributed by atoms with van der Waals surface area (Å²) in [5.74, 6) is 0.941. The van der Waals surface area contributed by atoms with Gasteiger partial charge in [-0.25, -0.2) is 4.79 Å². The molecular weight excluding hydrogens is 446 g/mol. The maximum absolute atomic E-state index is 12.5. The van der Waals surface area contributed by atoms with Crippen LogP contribution in [0.4, 0.5) is 0 Å². The van der Waals surface area contributed by atoms with Crippen molar-refractivity contribution in [2.75, 3.05) is 18.5 Å². The fourth-order valence-electron chi connectivity index (χ4n) is 3.11. The number of ether oxygens (including phenoxy) is 1. The first-order chi connectivity index (χ1) is 14.1. The Morgan fingerprint density at radius 1 is 1.00 bits per heavy atom. The van der Waals surface area contributed by atoms with Gasteiger partial charge in [-0.3, -0.25) is 4.79 Å². The number of halogens is 1. The molecule has 0 aromatic heterocycles. The van der Waals surface area contributed by atoms with Crippen molar-refractivity contribution in [3.05, 3.63) is 17.1 Å². The third kappa shape index (κ3) is 13.3. The van der Waals surface area contributed by atoms with Gasteiger partial charge >= 0.3 is 5.97 Å². The van der Waals surface area contributed by atoms with E-state index in [-0.39, 0.29) is 29.6 Å². The lowest BCUT2D eigenvalue weighted by Crippen LogP contribution is -2.27. The lowest BCUT2D eigenvalue weighted by atomic mass is 9.81. The molecule has 1 rings (SSSR count). The van der Waals surface area contributed by atoms with Gasteiger partial charge in [0.1, 0.15) is 5.78 Å². The Morgan fingerprint density at radius 3 is 2.00 bits per heavy atom. The molecule has 0 bridgehead atoms. The molecule has 0 aromatic rings. The Morgan fingerprint density at radius 2 is 1.53 bits per heavy atom. The van der Waals surface area contributed by atoms with Crippen molar-refractivity contribution in [1.82, 2.24) is 0 Å². The molecule has 176 valence electrons. The largest absolute Gasteiger partial charge is 0.462 e. The van der Waals surface area contributed by atoms with Crippen molar-refractivity contribution in [3.8, 4) is 0 Å². The summed E-state index contributed by atoms with van der Waals surface area (Å²) in [5.41, 5.74) is 0.578. The summed E-state index contributed by atoms with van der Waals surface area (Å²) in [7, 11) is 0. The quantitative estimate of drug-likeness (QED) is 0.181. The van der Waals surface area contributed by atoms with Gasteiger partial charge in [0.25, 0.3) is 0 Å². The second kappa shape index (κ2) is 18.7. The number of carbonyl (C=O) groups is 2. The van der Waals surface area contributed by atoms with E-state index in [9.17, 15) is 9.59 Å². The Balaban J connectivity index is 0. The first-order valence-electron chi connectivity index (χ1n) is 11.3. The van der Waals surface area contributed by atoms with Crippen LogP contribution in [0.15, 0.2) is 17.3 Å². The van der Waals surface area contributed by atoms with Crippen LogP contribution < -0.4 is 0 Å². The van der Waals surface area contributed by atoms with Crippen molar-refractivity contribution in [3.63, 3.8) is 0 Å². The molecule has 0 saturated carbocycles. The number of hydrogen-bond acceptors (Lipinski definition) is 5. The highest BCUT2D eigenvalue weighted by Gasteiger charge is 2.27. The van der Waals surface area contributed by atoms with Crippen LogP contribution in [0.5, 0.6) is 0 Å². The highest BCUT2D eigenvalue weighted by molar-refractivity contribution is 9.09. The van der Waals surface area contributed by atoms with Gasteiger partial charge < -0.3 is 4.74 Å². The minimum Gasteiger partial charge on any atom is -0.462 e. The molecular formula is C24H44BrNO4. The monoisotopic (exact) mass is 489 g/mol. The van der Waals surface area contributed by atoms with Crippen LogP contribution in [-0.2, 0) is 14.3 Å². The molecule has 30 heavy (non-hydrogen) atoms. The lowest BCUT2D eigenvalue weighted by molar-refractivity contribution is -0.140. The topological polar surface area (TPSA) is 72.8 Å². The van der Waals surface area contributed by atoms with E-state index < -0.39 is 0 Å². The predicted octanol–water partition coefficient (Wildman–Crippen LogP) is 6.97. The SMILES string of the molecule is C=C1C(=O)OCCC(C)C(C)C(=O)C(C)CCC[C@@H](C)C1C.CCC.O=NCCBr. The van der Waals surface area contributed by atoms with E-state index in [1.807, 2.05) is 20.8 Å². The Hall–Kier alpha value is -1.04. The molecule has 0 spiro atoms. The summed E-state index contributed by atoms with van der Waals surface area (Å²) in [6.45, 7) is 19.2. The fraction of sp³-hybridized carbons (Fsp3) is 0.833. The molecule has 4 unspecified atom stereocenters. The second-order valence-electron chi connectivity index (χ2n) is 8.46. The molecule has 1 saturated heterocycles. The minimum atomic E-state index is -0.282. The van der Waals surface area contributed by atoms with Gasteiger partial charge in [-0.1, -0.05) is 95.4 Å². The average molecular weight is 491 g/mol. The highest BCUT2D eigenvalue weighted by atomic mass is 79.9. The van der Waals surface area contributed by atoms with Crippen molar-refractivity contribution in [2.24, 2.45) is 34.8 Å². The van der Waals surface area contributed by atoms with E-state index in [1.165, 1.54) is 6.42 Å². The fourth-order valence-corrected chi connectivity index (χ4v) is 3.26. The summed E-state index contributed by atoms with van der Waals surface area (Å²) < 4.78 is 5.35. The second-order valence-corrected chi connectivity index (χ2v) is 9.26. The first-order valence-corrected chi connectivity index (χ1v) is 12.5. The number of nitroso groups, excluding NO2 is 1. The molecule has 0 radical (unpaired) electrons. The molecule has 0 aliphatic carbocycles. The van der Waals surface area contributed by atoms with Crippen LogP contribution in [0.25, 0.3) is 0 Å². The van der Waals surface area contributed by atoms with Gasteiger partial charge in [0.05, 0.1) is 13.2 Å². The number of nitrogens with zero attached hydrogens (tertiary/aromatic N) is 1. The van der Waals surface area contributed by atoms with Gasteiger partial charge in [0.2, 0.25) is 0 Å². The third-order valence-corrected chi connectivity index (χ3v) is 6.09. The molecule has 1 aliphatic heterocycles. The number of carbonyl (C=O) groups excluding carboxylic acids is 2. The summed E-state index contributed by atoms with van der Waals surface area (Å²) in [6.07, 6.45) is 4.93. The summed E-state index contributed by atoms with van der Waals surface area (Å²) in [5, 5.41) is 3.23. The summed E-state index contributed by atoms with van der Waals surface area (Å²) >= 11 is 3.02. The number of rotatable bonds is 2. The van der Waals surface area contributed by atoms with Crippen molar-refractivity contribution in [2.45, 2.75) is 80.6 Å². The van der Waals surface area contributed by atoms with Crippen LogP contribution in [0.2, 0.25) is 0 Å². The van der Waals surface area contributed by atoms with E-state index in [0.29, 0.717) is 35.8 Å². The summed E-state index contributed by atoms with van der Waals surface area (Å²) in [6, 6.07) is 0. The summed E-state index contributed by atoms with van der Waals surface area (Å²) in [4.78, 5) is 33.6. The Labute approximate surface area is 192 Å². The van der Waals surface area contributed by atoms with Gasteiger partial charge in [-0.05, 0) is 30.6 Å². The Bertz CT molecular complexity index is 509. The van der Waals surface area contributed by atoms with Crippen LogP contribution in [0.3, 0.4) is 0 Å². The molecule has 1 heterocycles. The molecule has 0 amide bonds. The molecule has 6 heteroatoms. The predicted molar refractivity (Wildman–Crippen MR) is 130 cm³/mol. The number of cyclic esters (lactones) is 1. The van der Waals surface area contributed by atoms with E-state index >= 15 is 0 Å². The number of hydrogen-bond donors (Lipinski definition) is 0. The molecule has 1 aliphatic rings. The normalized spacial score (nSPS) is 28.7. The van der Waals surface area contributed by atoms with Crippen LogP contribution in [0.1, 0.15) is 80.6 Å². The zero-order valence-corrected chi connectivity index (χ0v) is 21.8. The molecule has 0 aromatic carbocycles. The van der Waals surface area contributed by atoms with Gasteiger partial charge in [-0.2, -0.15) is 4.91 Å². The van der Waals surface area contributed by atoms with E-state index in [0.717, 1.165) is 25.7 Å². The van der Waals surface area contributed by atoms with E-state index in [1.54, 1.807) is 0 Å². The third-order valence-electron chi connectivity index (χ3n) is 5.73. The van der Waals surface area contributed by atoms with Crippen molar-refractivity contribution < 1.29 is 14.3 Å². The number of alkyl halides is 1. The number of Topliss-reactive ketones (excluding diaryl/α,β-unsaturated/α-hetero) is 1. The zero-order chi connectivity index (χ0) is 23.7. The number of esters is 1. The zero-order valence-electron chi connectivity index (χ0n) is 20.2.